The van der Waals surface area contributed by atoms with Crippen LogP contribution in [0.5, 0.6) is 11.5 Å². The Labute approximate surface area is 90.8 Å². The van der Waals surface area contributed by atoms with E-state index in [0.29, 0.717) is 0 Å². The smallest absolute Gasteiger partial charge is 0.231 e. The summed E-state index contributed by atoms with van der Waals surface area (Å²) in [5.74, 6) is 1.61. The minimum Gasteiger partial charge on any atom is -0.454 e. The second-order valence-electron chi connectivity index (χ2n) is 3.32. The first-order valence-corrected chi connectivity index (χ1v) is 5.21. The van der Waals surface area contributed by atoms with Crippen LogP contribution in [0.15, 0.2) is 16.6 Å². The van der Waals surface area contributed by atoms with Crippen molar-refractivity contribution in [2.24, 2.45) is 0 Å². The van der Waals surface area contributed by atoms with Crippen molar-refractivity contribution in [3.8, 4) is 11.5 Å². The normalized spacial score (nSPS) is 15.6. The molecule has 3 nitrogen and oxygen atoms in total. The molecule has 0 aliphatic carbocycles. The highest BCUT2D eigenvalue weighted by Crippen LogP contribution is 2.41. The monoisotopic (exact) mass is 258 g/mol. The molecule has 1 unspecified atom stereocenters. The Morgan fingerprint density at radius 2 is 2.29 bits per heavy atom. The number of aliphatic hydroxyl groups excluding tert-OH is 1. The van der Waals surface area contributed by atoms with Gasteiger partial charge in [-0.3, -0.25) is 0 Å². The van der Waals surface area contributed by atoms with Crippen LogP contribution >= 0.6 is 15.9 Å². The van der Waals surface area contributed by atoms with Crippen LogP contribution in [0, 0.1) is 0 Å². The largest absolute Gasteiger partial charge is 0.454 e. The molecule has 2 rings (SSSR count). The zero-order valence-corrected chi connectivity index (χ0v) is 9.37. The van der Waals surface area contributed by atoms with Crippen LogP contribution in [-0.4, -0.2) is 18.5 Å². The molecule has 4 heteroatoms. The van der Waals surface area contributed by atoms with E-state index in [1.807, 2.05) is 19.1 Å². The molecule has 1 aromatic rings. The fourth-order valence-corrected chi connectivity index (χ4v) is 1.95. The van der Waals surface area contributed by atoms with Crippen molar-refractivity contribution in [2.75, 3.05) is 13.4 Å². The summed E-state index contributed by atoms with van der Waals surface area (Å²) < 4.78 is 11.4. The SMILES string of the molecule is CC(CO)c1cc(Br)c2c(c1)OCO2. The zero-order valence-electron chi connectivity index (χ0n) is 7.79. The Bertz CT molecular complexity index is 351. The molecule has 0 bridgehead atoms. The van der Waals surface area contributed by atoms with Gasteiger partial charge < -0.3 is 14.6 Å². The molecule has 0 aromatic heterocycles. The fourth-order valence-electron chi connectivity index (χ4n) is 1.38. The van der Waals surface area contributed by atoms with E-state index in [9.17, 15) is 0 Å². The van der Waals surface area contributed by atoms with Gasteiger partial charge in [0.1, 0.15) is 0 Å². The van der Waals surface area contributed by atoms with Gasteiger partial charge in [-0.15, -0.1) is 0 Å². The highest BCUT2D eigenvalue weighted by molar-refractivity contribution is 9.10. The number of aliphatic hydroxyl groups is 1. The van der Waals surface area contributed by atoms with E-state index < -0.39 is 0 Å². The van der Waals surface area contributed by atoms with E-state index in [1.54, 1.807) is 0 Å². The average Bonchev–Trinajstić information content (AvgIpc) is 2.64. The second kappa shape index (κ2) is 3.79. The molecular formula is C10H11BrO3. The molecule has 0 spiro atoms. The zero-order chi connectivity index (χ0) is 10.1. The first-order valence-electron chi connectivity index (χ1n) is 4.42. The lowest BCUT2D eigenvalue weighted by atomic mass is 10.0. The molecule has 1 atom stereocenters. The Morgan fingerprint density at radius 1 is 1.50 bits per heavy atom. The van der Waals surface area contributed by atoms with E-state index in [2.05, 4.69) is 15.9 Å². The molecule has 0 fully saturated rings. The van der Waals surface area contributed by atoms with E-state index in [4.69, 9.17) is 14.6 Å². The average molecular weight is 259 g/mol. The van der Waals surface area contributed by atoms with E-state index in [1.165, 1.54) is 0 Å². The highest BCUT2D eigenvalue weighted by Gasteiger charge is 2.19. The van der Waals surface area contributed by atoms with Gasteiger partial charge in [-0.05, 0) is 33.6 Å². The standard InChI is InChI=1S/C10H11BrO3/c1-6(4-12)7-2-8(11)10-9(3-7)13-5-14-10/h2-3,6,12H,4-5H2,1H3. The summed E-state index contributed by atoms with van der Waals surface area (Å²) in [4.78, 5) is 0. The maximum absolute atomic E-state index is 9.04. The third-order valence-corrected chi connectivity index (χ3v) is 2.88. The van der Waals surface area contributed by atoms with Crippen LogP contribution < -0.4 is 9.47 Å². The van der Waals surface area contributed by atoms with Crippen molar-refractivity contribution < 1.29 is 14.6 Å². The van der Waals surface area contributed by atoms with Crippen LogP contribution in [0.1, 0.15) is 18.4 Å². The predicted molar refractivity (Wildman–Crippen MR) is 55.8 cm³/mol. The number of halogens is 1. The third-order valence-electron chi connectivity index (χ3n) is 2.29. The van der Waals surface area contributed by atoms with Crippen molar-refractivity contribution in [3.05, 3.63) is 22.2 Å². The van der Waals surface area contributed by atoms with Gasteiger partial charge in [-0.2, -0.15) is 0 Å². The van der Waals surface area contributed by atoms with Crippen LogP contribution in [0.2, 0.25) is 0 Å². The molecule has 76 valence electrons. The predicted octanol–water partition coefficient (Wildman–Crippen LogP) is 2.27. The van der Waals surface area contributed by atoms with E-state index in [-0.39, 0.29) is 19.3 Å². The summed E-state index contributed by atoms with van der Waals surface area (Å²) in [6, 6.07) is 3.86. The molecule has 1 heterocycles. The first kappa shape index (κ1) is 9.80. The van der Waals surface area contributed by atoms with E-state index >= 15 is 0 Å². The van der Waals surface area contributed by atoms with Gasteiger partial charge in [-0.25, -0.2) is 0 Å². The van der Waals surface area contributed by atoms with Crippen LogP contribution in [0.3, 0.4) is 0 Å². The number of benzene rings is 1. The van der Waals surface area contributed by atoms with Gasteiger partial charge in [0, 0.05) is 12.5 Å². The van der Waals surface area contributed by atoms with Gasteiger partial charge in [-0.1, -0.05) is 6.92 Å². The Hall–Kier alpha value is -0.740. The minimum absolute atomic E-state index is 0.112. The van der Waals surface area contributed by atoms with Gasteiger partial charge >= 0.3 is 0 Å². The highest BCUT2D eigenvalue weighted by atomic mass is 79.9. The minimum atomic E-state index is 0.112. The van der Waals surface area contributed by atoms with Crippen molar-refractivity contribution >= 4 is 15.9 Å². The Kier molecular flexibility index (Phi) is 2.65. The second-order valence-corrected chi connectivity index (χ2v) is 4.17. The van der Waals surface area contributed by atoms with Crippen LogP contribution in [0.4, 0.5) is 0 Å². The molecule has 1 aromatic carbocycles. The Morgan fingerprint density at radius 3 is 3.00 bits per heavy atom. The van der Waals surface area contributed by atoms with Crippen molar-refractivity contribution in [2.45, 2.75) is 12.8 Å². The lowest BCUT2D eigenvalue weighted by molar-refractivity contribution is 0.173. The number of ether oxygens (including phenoxy) is 2. The van der Waals surface area contributed by atoms with Crippen molar-refractivity contribution in [1.29, 1.82) is 0 Å². The van der Waals surface area contributed by atoms with Crippen molar-refractivity contribution in [1.82, 2.24) is 0 Å². The summed E-state index contributed by atoms with van der Waals surface area (Å²) >= 11 is 3.41. The molecule has 14 heavy (non-hydrogen) atoms. The lowest BCUT2D eigenvalue weighted by Crippen LogP contribution is -1.98. The molecular weight excluding hydrogens is 248 g/mol. The summed E-state index contributed by atoms with van der Waals surface area (Å²) in [6.07, 6.45) is 0. The first-order chi connectivity index (χ1) is 6.72. The number of hydrogen-bond acceptors (Lipinski definition) is 3. The van der Waals surface area contributed by atoms with Crippen LogP contribution in [-0.2, 0) is 0 Å². The summed E-state index contributed by atoms with van der Waals surface area (Å²) in [5.41, 5.74) is 1.05. The van der Waals surface area contributed by atoms with Crippen LogP contribution in [0.25, 0.3) is 0 Å². The summed E-state index contributed by atoms with van der Waals surface area (Å²) in [5, 5.41) is 9.04. The number of rotatable bonds is 2. The maximum Gasteiger partial charge on any atom is 0.231 e. The topological polar surface area (TPSA) is 38.7 Å². The van der Waals surface area contributed by atoms with Gasteiger partial charge in [0.25, 0.3) is 0 Å². The maximum atomic E-state index is 9.04. The molecule has 0 saturated carbocycles. The number of hydrogen-bond donors (Lipinski definition) is 1. The molecule has 1 aliphatic rings. The third kappa shape index (κ3) is 1.60. The fraction of sp³-hybridized carbons (Fsp3) is 0.400. The van der Waals surface area contributed by atoms with Crippen molar-refractivity contribution in [3.63, 3.8) is 0 Å². The van der Waals surface area contributed by atoms with Gasteiger partial charge in [0.15, 0.2) is 11.5 Å². The summed E-state index contributed by atoms with van der Waals surface area (Å²) in [7, 11) is 0. The van der Waals surface area contributed by atoms with Gasteiger partial charge in [0.2, 0.25) is 6.79 Å². The quantitative estimate of drug-likeness (QED) is 0.885. The lowest BCUT2D eigenvalue weighted by Gasteiger charge is -2.10. The van der Waals surface area contributed by atoms with Gasteiger partial charge in [0.05, 0.1) is 4.47 Å². The molecule has 0 radical (unpaired) electrons. The molecule has 1 N–H and O–H groups in total. The molecule has 0 saturated heterocycles. The molecule has 1 aliphatic heterocycles. The molecule has 0 amide bonds. The number of fused-ring (bicyclic) bond motifs is 1. The van der Waals surface area contributed by atoms with E-state index in [0.717, 1.165) is 21.5 Å². The Balaban J connectivity index is 2.41. The summed E-state index contributed by atoms with van der Waals surface area (Å²) in [6.45, 7) is 2.36.